The van der Waals surface area contributed by atoms with E-state index in [9.17, 15) is 9.59 Å². The van der Waals surface area contributed by atoms with Gasteiger partial charge in [0.2, 0.25) is 0 Å². The van der Waals surface area contributed by atoms with E-state index < -0.39 is 5.97 Å². The second-order valence-electron chi connectivity index (χ2n) is 4.01. The summed E-state index contributed by atoms with van der Waals surface area (Å²) in [7, 11) is 1.78. The van der Waals surface area contributed by atoms with Crippen LogP contribution in [-0.2, 0) is 11.8 Å². The van der Waals surface area contributed by atoms with Crippen molar-refractivity contribution in [3.05, 3.63) is 18.2 Å². The molecule has 6 nitrogen and oxygen atoms in total. The molecule has 0 aliphatic carbocycles. The second-order valence-corrected chi connectivity index (χ2v) is 4.01. The smallest absolute Gasteiger partial charge is 0.303 e. The quantitative estimate of drug-likeness (QED) is 0.763. The first-order valence-electron chi connectivity index (χ1n) is 5.50. The lowest BCUT2D eigenvalue weighted by molar-refractivity contribution is -0.138. The maximum Gasteiger partial charge on any atom is 0.303 e. The number of amides is 1. The average molecular weight is 239 g/mol. The summed E-state index contributed by atoms with van der Waals surface area (Å²) in [6.45, 7) is 2.26. The molecule has 17 heavy (non-hydrogen) atoms. The summed E-state index contributed by atoms with van der Waals surface area (Å²) >= 11 is 0. The number of hydrogen-bond donors (Lipinski definition) is 2. The van der Waals surface area contributed by atoms with Gasteiger partial charge in [-0.2, -0.15) is 0 Å². The van der Waals surface area contributed by atoms with Crippen molar-refractivity contribution in [3.8, 4) is 0 Å². The van der Waals surface area contributed by atoms with Crippen molar-refractivity contribution >= 4 is 11.9 Å². The highest BCUT2D eigenvalue weighted by Crippen LogP contribution is 2.06. The Kier molecular flexibility index (Phi) is 4.68. The average Bonchev–Trinajstić information content (AvgIpc) is 2.70. The molecule has 1 unspecified atom stereocenters. The van der Waals surface area contributed by atoms with E-state index in [0.29, 0.717) is 12.2 Å². The first-order valence-corrected chi connectivity index (χ1v) is 5.50. The molecule has 1 amide bonds. The van der Waals surface area contributed by atoms with Gasteiger partial charge in [0.05, 0.1) is 6.33 Å². The minimum absolute atomic E-state index is 0.0415. The Morgan fingerprint density at radius 3 is 2.76 bits per heavy atom. The first-order chi connectivity index (χ1) is 8.02. The molecule has 1 aromatic heterocycles. The van der Waals surface area contributed by atoms with Gasteiger partial charge in [-0.25, -0.2) is 4.98 Å². The Morgan fingerprint density at radius 1 is 1.59 bits per heavy atom. The standard InChI is InChI=1S/C11H17N3O3/c1-3-8(4-10(15)16)5-12-11(17)9-6-14(2)7-13-9/h6-8H,3-5H2,1-2H3,(H,12,17)(H,15,16). The highest BCUT2D eigenvalue weighted by atomic mass is 16.4. The van der Waals surface area contributed by atoms with Crippen LogP contribution in [-0.4, -0.2) is 33.1 Å². The molecule has 1 atom stereocenters. The molecule has 1 heterocycles. The molecule has 0 saturated heterocycles. The summed E-state index contributed by atoms with van der Waals surface area (Å²) in [5, 5.41) is 11.4. The van der Waals surface area contributed by atoms with Crippen LogP contribution in [0.4, 0.5) is 0 Å². The molecule has 2 N–H and O–H groups in total. The first kappa shape index (κ1) is 13.2. The number of imidazole rings is 1. The van der Waals surface area contributed by atoms with Crippen LogP contribution in [0.2, 0.25) is 0 Å². The van der Waals surface area contributed by atoms with Gasteiger partial charge in [-0.3, -0.25) is 9.59 Å². The number of carboxylic acids is 1. The third kappa shape index (κ3) is 4.26. The molecule has 0 radical (unpaired) electrons. The maximum absolute atomic E-state index is 11.6. The number of rotatable bonds is 6. The zero-order valence-corrected chi connectivity index (χ0v) is 10.0. The SMILES string of the molecule is CCC(CNC(=O)c1cn(C)cn1)CC(=O)O. The molecule has 1 rings (SSSR count). The molecular formula is C11H17N3O3. The van der Waals surface area contributed by atoms with E-state index in [1.165, 1.54) is 0 Å². The molecule has 0 spiro atoms. The number of carboxylic acid groups (broad SMARTS) is 1. The van der Waals surface area contributed by atoms with Crippen LogP contribution in [0, 0.1) is 5.92 Å². The number of aryl methyl sites for hydroxylation is 1. The van der Waals surface area contributed by atoms with E-state index in [2.05, 4.69) is 10.3 Å². The van der Waals surface area contributed by atoms with Crippen LogP contribution < -0.4 is 5.32 Å². The Bertz CT molecular complexity index is 400. The minimum Gasteiger partial charge on any atom is -0.481 e. The molecule has 0 aliphatic rings. The van der Waals surface area contributed by atoms with Crippen LogP contribution in [0.15, 0.2) is 12.5 Å². The number of aliphatic carboxylic acids is 1. The van der Waals surface area contributed by atoms with E-state index >= 15 is 0 Å². The largest absolute Gasteiger partial charge is 0.481 e. The van der Waals surface area contributed by atoms with Crippen LogP contribution in [0.25, 0.3) is 0 Å². The highest BCUT2D eigenvalue weighted by Gasteiger charge is 2.14. The molecule has 0 aromatic carbocycles. The van der Waals surface area contributed by atoms with Gasteiger partial charge in [0.15, 0.2) is 0 Å². The summed E-state index contributed by atoms with van der Waals surface area (Å²) < 4.78 is 1.68. The zero-order valence-electron chi connectivity index (χ0n) is 10.0. The zero-order chi connectivity index (χ0) is 12.8. The second kappa shape index (κ2) is 6.03. The Labute approximate surface area is 99.7 Å². The van der Waals surface area contributed by atoms with E-state index in [1.807, 2.05) is 6.92 Å². The fourth-order valence-corrected chi connectivity index (χ4v) is 1.47. The van der Waals surface area contributed by atoms with E-state index in [-0.39, 0.29) is 18.2 Å². The Hall–Kier alpha value is -1.85. The molecule has 0 saturated carbocycles. The fraction of sp³-hybridized carbons (Fsp3) is 0.545. The number of carbonyl (C=O) groups excluding carboxylic acids is 1. The van der Waals surface area contributed by atoms with Gasteiger partial charge < -0.3 is 15.0 Å². The fourth-order valence-electron chi connectivity index (χ4n) is 1.47. The number of carbonyl (C=O) groups is 2. The number of nitrogens with zero attached hydrogens (tertiary/aromatic N) is 2. The van der Waals surface area contributed by atoms with Gasteiger partial charge in [-0.15, -0.1) is 0 Å². The molecule has 0 fully saturated rings. The number of aromatic nitrogens is 2. The van der Waals surface area contributed by atoms with Gasteiger partial charge in [-0.1, -0.05) is 13.3 Å². The van der Waals surface area contributed by atoms with Crippen LogP contribution in [0.5, 0.6) is 0 Å². The summed E-state index contributed by atoms with van der Waals surface area (Å²) in [5.74, 6) is -1.15. The molecular weight excluding hydrogens is 222 g/mol. The van der Waals surface area contributed by atoms with Crippen molar-refractivity contribution in [1.29, 1.82) is 0 Å². The van der Waals surface area contributed by atoms with E-state index in [1.54, 1.807) is 24.1 Å². The van der Waals surface area contributed by atoms with Crippen molar-refractivity contribution in [3.63, 3.8) is 0 Å². The van der Waals surface area contributed by atoms with Gasteiger partial charge in [-0.05, 0) is 5.92 Å². The third-order valence-electron chi connectivity index (χ3n) is 2.53. The predicted molar refractivity (Wildman–Crippen MR) is 61.6 cm³/mol. The molecule has 6 heteroatoms. The molecule has 0 bridgehead atoms. The highest BCUT2D eigenvalue weighted by molar-refractivity contribution is 5.92. The summed E-state index contributed by atoms with van der Waals surface area (Å²) in [5.41, 5.74) is 0.345. The monoisotopic (exact) mass is 239 g/mol. The van der Waals surface area contributed by atoms with Crippen molar-refractivity contribution < 1.29 is 14.7 Å². The van der Waals surface area contributed by atoms with Crippen molar-refractivity contribution in [2.24, 2.45) is 13.0 Å². The van der Waals surface area contributed by atoms with E-state index in [0.717, 1.165) is 6.42 Å². The van der Waals surface area contributed by atoms with Gasteiger partial charge in [0, 0.05) is 26.2 Å². The predicted octanol–water partition coefficient (Wildman–Crippen LogP) is 0.651. The van der Waals surface area contributed by atoms with Gasteiger partial charge in [0.25, 0.3) is 5.91 Å². The molecule has 94 valence electrons. The van der Waals surface area contributed by atoms with Crippen LogP contribution in [0.1, 0.15) is 30.3 Å². The lowest BCUT2D eigenvalue weighted by atomic mass is 10.0. The van der Waals surface area contributed by atoms with Gasteiger partial charge in [0.1, 0.15) is 5.69 Å². The minimum atomic E-state index is -0.844. The lowest BCUT2D eigenvalue weighted by Gasteiger charge is -2.12. The van der Waals surface area contributed by atoms with Crippen LogP contribution >= 0.6 is 0 Å². The number of nitrogens with one attached hydrogen (secondary N) is 1. The molecule has 1 aromatic rings. The number of hydrogen-bond acceptors (Lipinski definition) is 3. The molecule has 0 aliphatic heterocycles. The lowest BCUT2D eigenvalue weighted by Crippen LogP contribution is -2.30. The van der Waals surface area contributed by atoms with Crippen molar-refractivity contribution in [1.82, 2.24) is 14.9 Å². The normalized spacial score (nSPS) is 12.1. The van der Waals surface area contributed by atoms with Crippen molar-refractivity contribution in [2.75, 3.05) is 6.54 Å². The topological polar surface area (TPSA) is 84.2 Å². The van der Waals surface area contributed by atoms with Crippen LogP contribution in [0.3, 0.4) is 0 Å². The summed E-state index contributed by atoms with van der Waals surface area (Å²) in [4.78, 5) is 26.1. The third-order valence-corrected chi connectivity index (χ3v) is 2.53. The Morgan fingerprint density at radius 2 is 2.29 bits per heavy atom. The van der Waals surface area contributed by atoms with Crippen molar-refractivity contribution in [2.45, 2.75) is 19.8 Å². The Balaban J connectivity index is 2.44. The van der Waals surface area contributed by atoms with E-state index in [4.69, 9.17) is 5.11 Å². The van der Waals surface area contributed by atoms with Gasteiger partial charge >= 0.3 is 5.97 Å². The summed E-state index contributed by atoms with van der Waals surface area (Å²) in [6, 6.07) is 0. The summed E-state index contributed by atoms with van der Waals surface area (Å²) in [6.07, 6.45) is 3.95. The maximum atomic E-state index is 11.6.